The van der Waals surface area contributed by atoms with Gasteiger partial charge in [0.05, 0.1) is 0 Å². The first kappa shape index (κ1) is 14.7. The summed E-state index contributed by atoms with van der Waals surface area (Å²) in [6.45, 7) is 5.10. The van der Waals surface area contributed by atoms with E-state index in [9.17, 15) is 4.39 Å². The number of likely N-dealkylation sites (N-methyl/N-ethyl adjacent to an activating group) is 1. The first-order valence-corrected chi connectivity index (χ1v) is 7.30. The molecule has 0 aliphatic heterocycles. The van der Waals surface area contributed by atoms with Gasteiger partial charge in [-0.25, -0.2) is 4.39 Å². The Hall–Kier alpha value is -1.67. The maximum absolute atomic E-state index is 13.8. The van der Waals surface area contributed by atoms with Crippen molar-refractivity contribution in [1.82, 2.24) is 5.32 Å². The topological polar surface area (TPSA) is 12.0 Å². The van der Waals surface area contributed by atoms with E-state index in [2.05, 4.69) is 43.4 Å². The molecule has 0 fully saturated rings. The lowest BCUT2D eigenvalue weighted by Crippen LogP contribution is -2.23. The van der Waals surface area contributed by atoms with Crippen molar-refractivity contribution in [2.75, 3.05) is 6.54 Å². The maximum atomic E-state index is 13.8. The lowest BCUT2D eigenvalue weighted by molar-refractivity contribution is 0.528. The van der Waals surface area contributed by atoms with Crippen molar-refractivity contribution in [2.24, 2.45) is 0 Å². The van der Waals surface area contributed by atoms with Crippen LogP contribution in [0.3, 0.4) is 0 Å². The third kappa shape index (κ3) is 3.67. The molecule has 1 N–H and O–H groups in total. The minimum Gasteiger partial charge on any atom is -0.310 e. The molecule has 0 radical (unpaired) electrons. The summed E-state index contributed by atoms with van der Waals surface area (Å²) < 4.78 is 13.8. The fourth-order valence-electron chi connectivity index (χ4n) is 2.42. The minimum absolute atomic E-state index is 0.124. The first-order chi connectivity index (χ1) is 9.74. The van der Waals surface area contributed by atoms with Crippen molar-refractivity contribution in [3.8, 4) is 0 Å². The second kappa shape index (κ2) is 7.20. The molecule has 0 aliphatic rings. The molecule has 1 nitrogen and oxygen atoms in total. The highest BCUT2D eigenvalue weighted by molar-refractivity contribution is 5.28. The molecule has 2 rings (SSSR count). The summed E-state index contributed by atoms with van der Waals surface area (Å²) in [5, 5.41) is 3.45. The van der Waals surface area contributed by atoms with Crippen molar-refractivity contribution < 1.29 is 4.39 Å². The van der Waals surface area contributed by atoms with Crippen LogP contribution in [-0.4, -0.2) is 6.54 Å². The number of hydrogen-bond acceptors (Lipinski definition) is 1. The van der Waals surface area contributed by atoms with E-state index in [1.165, 1.54) is 17.2 Å². The SMILES string of the molecule is CCNC(Cc1ccccc1F)c1ccc(CC)cc1. The molecule has 0 aromatic heterocycles. The molecule has 2 aromatic rings. The van der Waals surface area contributed by atoms with Gasteiger partial charge in [-0.3, -0.25) is 0 Å². The maximum Gasteiger partial charge on any atom is 0.126 e. The largest absolute Gasteiger partial charge is 0.310 e. The second-order valence-corrected chi connectivity index (χ2v) is 5.00. The van der Waals surface area contributed by atoms with Gasteiger partial charge in [-0.05, 0) is 42.1 Å². The summed E-state index contributed by atoms with van der Waals surface area (Å²) in [5.74, 6) is -0.124. The van der Waals surface area contributed by atoms with Crippen LogP contribution in [0, 0.1) is 5.82 Å². The Morgan fingerprint density at radius 2 is 1.70 bits per heavy atom. The second-order valence-electron chi connectivity index (χ2n) is 5.00. The van der Waals surface area contributed by atoms with E-state index in [4.69, 9.17) is 0 Å². The fraction of sp³-hybridized carbons (Fsp3) is 0.333. The highest BCUT2D eigenvalue weighted by atomic mass is 19.1. The van der Waals surface area contributed by atoms with Gasteiger partial charge >= 0.3 is 0 Å². The van der Waals surface area contributed by atoms with Crippen LogP contribution in [0.5, 0.6) is 0 Å². The molecule has 0 spiro atoms. The Balaban J connectivity index is 2.19. The van der Waals surface area contributed by atoms with Gasteiger partial charge in [0.25, 0.3) is 0 Å². The van der Waals surface area contributed by atoms with Gasteiger partial charge in [-0.15, -0.1) is 0 Å². The number of halogens is 1. The van der Waals surface area contributed by atoms with Gasteiger partial charge in [0.15, 0.2) is 0 Å². The zero-order chi connectivity index (χ0) is 14.4. The zero-order valence-corrected chi connectivity index (χ0v) is 12.2. The van der Waals surface area contributed by atoms with Gasteiger partial charge in [0.1, 0.15) is 5.82 Å². The summed E-state index contributed by atoms with van der Waals surface area (Å²) in [6.07, 6.45) is 1.71. The number of benzene rings is 2. The van der Waals surface area contributed by atoms with Crippen molar-refractivity contribution in [2.45, 2.75) is 32.7 Å². The van der Waals surface area contributed by atoms with Crippen LogP contribution in [0.2, 0.25) is 0 Å². The average Bonchev–Trinajstić information content (AvgIpc) is 2.49. The normalized spacial score (nSPS) is 12.3. The molecule has 0 amide bonds. The predicted octanol–water partition coefficient (Wildman–Crippen LogP) is 4.28. The Morgan fingerprint density at radius 3 is 2.30 bits per heavy atom. The van der Waals surface area contributed by atoms with Crippen LogP contribution in [0.15, 0.2) is 48.5 Å². The Kier molecular flexibility index (Phi) is 5.31. The molecule has 0 aliphatic carbocycles. The highest BCUT2D eigenvalue weighted by Gasteiger charge is 2.13. The summed E-state index contributed by atoms with van der Waals surface area (Å²) in [5.41, 5.74) is 3.31. The first-order valence-electron chi connectivity index (χ1n) is 7.30. The Bertz CT molecular complexity index is 533. The summed E-state index contributed by atoms with van der Waals surface area (Å²) in [6, 6.07) is 15.8. The average molecular weight is 271 g/mol. The lowest BCUT2D eigenvalue weighted by Gasteiger charge is -2.19. The Labute approximate surface area is 120 Å². The zero-order valence-electron chi connectivity index (χ0n) is 12.2. The molecule has 0 saturated heterocycles. The summed E-state index contributed by atoms with van der Waals surface area (Å²) >= 11 is 0. The van der Waals surface area contributed by atoms with Crippen molar-refractivity contribution in [3.63, 3.8) is 0 Å². The van der Waals surface area contributed by atoms with E-state index in [0.717, 1.165) is 18.5 Å². The molecule has 20 heavy (non-hydrogen) atoms. The molecule has 1 atom stereocenters. The van der Waals surface area contributed by atoms with Crippen LogP contribution >= 0.6 is 0 Å². The van der Waals surface area contributed by atoms with Gasteiger partial charge in [0, 0.05) is 6.04 Å². The molecule has 106 valence electrons. The van der Waals surface area contributed by atoms with Crippen molar-refractivity contribution >= 4 is 0 Å². The van der Waals surface area contributed by atoms with E-state index in [1.807, 2.05) is 12.1 Å². The Morgan fingerprint density at radius 1 is 1.00 bits per heavy atom. The van der Waals surface area contributed by atoms with Gasteiger partial charge in [-0.1, -0.05) is 56.3 Å². The lowest BCUT2D eigenvalue weighted by atomic mass is 9.97. The van der Waals surface area contributed by atoms with Crippen LogP contribution in [-0.2, 0) is 12.8 Å². The van der Waals surface area contributed by atoms with E-state index in [-0.39, 0.29) is 11.9 Å². The molecular formula is C18H22FN. The third-order valence-electron chi connectivity index (χ3n) is 3.62. The smallest absolute Gasteiger partial charge is 0.126 e. The standard InChI is InChI=1S/C18H22FN/c1-3-14-9-11-15(12-10-14)18(20-4-2)13-16-7-5-6-8-17(16)19/h5-12,18,20H,3-4,13H2,1-2H3. The van der Waals surface area contributed by atoms with Gasteiger partial charge in [-0.2, -0.15) is 0 Å². The number of rotatable bonds is 6. The number of hydrogen-bond donors (Lipinski definition) is 1. The van der Waals surface area contributed by atoms with E-state index >= 15 is 0 Å². The highest BCUT2D eigenvalue weighted by Crippen LogP contribution is 2.21. The number of aryl methyl sites for hydroxylation is 1. The van der Waals surface area contributed by atoms with E-state index in [0.29, 0.717) is 6.42 Å². The van der Waals surface area contributed by atoms with Gasteiger partial charge in [0.2, 0.25) is 0 Å². The molecule has 0 bridgehead atoms. The van der Waals surface area contributed by atoms with E-state index < -0.39 is 0 Å². The monoisotopic (exact) mass is 271 g/mol. The minimum atomic E-state index is -0.124. The number of nitrogens with one attached hydrogen (secondary N) is 1. The quantitative estimate of drug-likeness (QED) is 0.827. The molecule has 0 saturated carbocycles. The van der Waals surface area contributed by atoms with Crippen LogP contribution in [0.25, 0.3) is 0 Å². The molecular weight excluding hydrogens is 249 g/mol. The molecule has 2 aromatic carbocycles. The third-order valence-corrected chi connectivity index (χ3v) is 3.62. The molecule has 0 heterocycles. The fourth-order valence-corrected chi connectivity index (χ4v) is 2.42. The summed E-state index contributed by atoms with van der Waals surface area (Å²) in [7, 11) is 0. The predicted molar refractivity (Wildman–Crippen MR) is 82.3 cm³/mol. The molecule has 1 unspecified atom stereocenters. The summed E-state index contributed by atoms with van der Waals surface area (Å²) in [4.78, 5) is 0. The van der Waals surface area contributed by atoms with Crippen LogP contribution in [0.4, 0.5) is 4.39 Å². The van der Waals surface area contributed by atoms with Gasteiger partial charge < -0.3 is 5.32 Å². The molecule has 2 heteroatoms. The van der Waals surface area contributed by atoms with Crippen molar-refractivity contribution in [3.05, 3.63) is 71.0 Å². The van der Waals surface area contributed by atoms with Crippen LogP contribution < -0.4 is 5.32 Å². The van der Waals surface area contributed by atoms with Crippen molar-refractivity contribution in [1.29, 1.82) is 0 Å². The van der Waals surface area contributed by atoms with E-state index in [1.54, 1.807) is 6.07 Å². The van der Waals surface area contributed by atoms with Crippen LogP contribution in [0.1, 0.15) is 36.6 Å².